The molecule has 0 aliphatic carbocycles. The standard InChI is InChI=1S/C16H20N2O4/c1-16-9-12(13(19)21-3)18(15(20)22-4)14(16)17(2)11-8-6-5-7-10(11)16/h5-8,12,14H,9H2,1-4H3/t12-,14?,16+/m0/s1. The fourth-order valence-electron chi connectivity index (χ4n) is 4.01. The van der Waals surface area contributed by atoms with Gasteiger partial charge in [0.2, 0.25) is 0 Å². The normalized spacial score (nSPS) is 29.1. The average molecular weight is 304 g/mol. The monoisotopic (exact) mass is 304 g/mol. The van der Waals surface area contributed by atoms with E-state index in [1.54, 1.807) is 0 Å². The summed E-state index contributed by atoms with van der Waals surface area (Å²) in [5.41, 5.74) is 1.88. The Bertz CT molecular complexity index is 632. The first-order chi connectivity index (χ1) is 10.5. The van der Waals surface area contributed by atoms with Crippen LogP contribution in [-0.2, 0) is 19.7 Å². The van der Waals surface area contributed by atoms with Crippen molar-refractivity contribution in [3.05, 3.63) is 29.8 Å². The molecule has 0 radical (unpaired) electrons. The van der Waals surface area contributed by atoms with Gasteiger partial charge in [-0.1, -0.05) is 25.1 Å². The lowest BCUT2D eigenvalue weighted by Crippen LogP contribution is -2.53. The van der Waals surface area contributed by atoms with Gasteiger partial charge in [0.25, 0.3) is 0 Å². The van der Waals surface area contributed by atoms with Crippen molar-refractivity contribution in [1.29, 1.82) is 0 Å². The fourth-order valence-corrected chi connectivity index (χ4v) is 4.01. The SMILES string of the molecule is COC(=O)[C@@H]1C[C@]2(C)c3ccccc3N(C)C2N1C(=O)OC. The number of hydrogen-bond donors (Lipinski definition) is 0. The second-order valence-corrected chi connectivity index (χ2v) is 6.04. The maximum Gasteiger partial charge on any atom is 0.411 e. The number of rotatable bonds is 1. The number of fused-ring (bicyclic) bond motifs is 3. The van der Waals surface area contributed by atoms with Crippen LogP contribution < -0.4 is 4.90 Å². The second-order valence-electron chi connectivity index (χ2n) is 6.04. The number of nitrogens with zero attached hydrogens (tertiary/aromatic N) is 2. The van der Waals surface area contributed by atoms with E-state index < -0.39 is 18.1 Å². The van der Waals surface area contributed by atoms with E-state index in [9.17, 15) is 9.59 Å². The number of para-hydroxylation sites is 1. The number of carbonyl (C=O) groups is 2. The molecule has 1 unspecified atom stereocenters. The van der Waals surface area contributed by atoms with Crippen molar-refractivity contribution in [3.8, 4) is 0 Å². The van der Waals surface area contributed by atoms with Gasteiger partial charge in [-0.05, 0) is 18.1 Å². The highest BCUT2D eigenvalue weighted by Gasteiger charge is 2.61. The van der Waals surface area contributed by atoms with Crippen LogP contribution in [0.5, 0.6) is 0 Å². The zero-order valence-corrected chi connectivity index (χ0v) is 13.2. The third kappa shape index (κ3) is 1.73. The molecule has 6 heteroatoms. The highest BCUT2D eigenvalue weighted by atomic mass is 16.5. The van der Waals surface area contributed by atoms with E-state index in [1.807, 2.05) is 30.1 Å². The van der Waals surface area contributed by atoms with Crippen LogP contribution in [0.4, 0.5) is 10.5 Å². The predicted octanol–water partition coefficient (Wildman–Crippen LogP) is 1.73. The summed E-state index contributed by atoms with van der Waals surface area (Å²) in [6, 6.07) is 7.40. The lowest BCUT2D eigenvalue weighted by atomic mass is 9.80. The van der Waals surface area contributed by atoms with Gasteiger partial charge in [0.15, 0.2) is 0 Å². The minimum Gasteiger partial charge on any atom is -0.467 e. The predicted molar refractivity (Wildman–Crippen MR) is 80.7 cm³/mol. The molecule has 1 fully saturated rings. The third-order valence-electron chi connectivity index (χ3n) is 4.91. The average Bonchev–Trinajstić information content (AvgIpc) is 2.96. The van der Waals surface area contributed by atoms with E-state index in [0.29, 0.717) is 6.42 Å². The number of likely N-dealkylation sites (N-methyl/N-ethyl adjacent to an activating group) is 1. The van der Waals surface area contributed by atoms with Crippen LogP contribution in [-0.4, -0.2) is 50.4 Å². The lowest BCUT2D eigenvalue weighted by Gasteiger charge is -2.34. The molecular weight excluding hydrogens is 284 g/mol. The van der Waals surface area contributed by atoms with Crippen molar-refractivity contribution in [3.63, 3.8) is 0 Å². The Morgan fingerprint density at radius 3 is 2.55 bits per heavy atom. The summed E-state index contributed by atoms with van der Waals surface area (Å²) in [7, 11) is 4.60. The Hall–Kier alpha value is -2.24. The topological polar surface area (TPSA) is 59.1 Å². The molecule has 0 spiro atoms. The fraction of sp³-hybridized carbons (Fsp3) is 0.500. The van der Waals surface area contributed by atoms with Crippen LogP contribution in [0.1, 0.15) is 18.9 Å². The molecule has 2 heterocycles. The first kappa shape index (κ1) is 14.7. The molecule has 3 rings (SSSR count). The zero-order chi connectivity index (χ0) is 16.1. The number of hydrogen-bond acceptors (Lipinski definition) is 5. The highest BCUT2D eigenvalue weighted by Crippen LogP contribution is 2.53. The number of likely N-dealkylation sites (tertiary alicyclic amines) is 1. The van der Waals surface area contributed by atoms with Gasteiger partial charge in [0.05, 0.1) is 14.2 Å². The first-order valence-corrected chi connectivity index (χ1v) is 7.22. The van der Waals surface area contributed by atoms with E-state index in [-0.39, 0.29) is 11.6 Å². The Labute approximate surface area is 129 Å². The number of anilines is 1. The van der Waals surface area contributed by atoms with Gasteiger partial charge in [0.1, 0.15) is 12.2 Å². The minimum atomic E-state index is -0.636. The zero-order valence-electron chi connectivity index (χ0n) is 13.2. The molecule has 0 bridgehead atoms. The highest BCUT2D eigenvalue weighted by molar-refractivity contribution is 5.85. The van der Waals surface area contributed by atoms with Crippen LogP contribution in [0.25, 0.3) is 0 Å². The molecule has 118 valence electrons. The maximum absolute atomic E-state index is 12.3. The molecule has 2 aliphatic rings. The van der Waals surface area contributed by atoms with E-state index in [2.05, 4.69) is 13.0 Å². The molecule has 0 N–H and O–H groups in total. The Morgan fingerprint density at radius 1 is 1.23 bits per heavy atom. The van der Waals surface area contributed by atoms with Gasteiger partial charge in [-0.15, -0.1) is 0 Å². The number of methoxy groups -OCH3 is 2. The smallest absolute Gasteiger partial charge is 0.411 e. The Balaban J connectivity index is 2.11. The number of ether oxygens (including phenoxy) is 2. The summed E-state index contributed by atoms with van der Waals surface area (Å²) in [6.07, 6.45) is -0.258. The van der Waals surface area contributed by atoms with Gasteiger partial charge in [-0.3, -0.25) is 4.90 Å². The maximum atomic E-state index is 12.3. The van der Waals surface area contributed by atoms with Crippen molar-refractivity contribution in [2.24, 2.45) is 0 Å². The largest absolute Gasteiger partial charge is 0.467 e. The second kappa shape index (κ2) is 4.90. The summed E-state index contributed by atoms with van der Waals surface area (Å²) < 4.78 is 9.80. The number of carbonyl (C=O) groups excluding carboxylic acids is 2. The van der Waals surface area contributed by atoms with Crippen LogP contribution in [0.2, 0.25) is 0 Å². The van der Waals surface area contributed by atoms with E-state index >= 15 is 0 Å². The molecule has 0 aromatic heterocycles. The van der Waals surface area contributed by atoms with Crippen LogP contribution in [0, 0.1) is 0 Å². The molecule has 1 aromatic rings. The van der Waals surface area contributed by atoms with Gasteiger partial charge in [-0.2, -0.15) is 0 Å². The Morgan fingerprint density at radius 2 is 1.91 bits per heavy atom. The van der Waals surface area contributed by atoms with Crippen LogP contribution >= 0.6 is 0 Å². The van der Waals surface area contributed by atoms with Crippen LogP contribution in [0.3, 0.4) is 0 Å². The third-order valence-corrected chi connectivity index (χ3v) is 4.91. The van der Waals surface area contributed by atoms with E-state index in [4.69, 9.17) is 9.47 Å². The molecule has 2 aliphatic heterocycles. The molecule has 6 nitrogen and oxygen atoms in total. The Kier molecular flexibility index (Phi) is 3.27. The molecule has 22 heavy (non-hydrogen) atoms. The summed E-state index contributed by atoms with van der Waals surface area (Å²) in [6.45, 7) is 2.08. The van der Waals surface area contributed by atoms with Gasteiger partial charge >= 0.3 is 12.1 Å². The number of amides is 1. The number of esters is 1. The van der Waals surface area contributed by atoms with Gasteiger partial charge in [0, 0.05) is 18.2 Å². The van der Waals surface area contributed by atoms with E-state index in [0.717, 1.165) is 11.3 Å². The molecule has 3 atom stereocenters. The van der Waals surface area contributed by atoms with Crippen molar-refractivity contribution in [2.45, 2.75) is 31.0 Å². The van der Waals surface area contributed by atoms with Crippen molar-refractivity contribution in [1.82, 2.24) is 4.90 Å². The quantitative estimate of drug-likeness (QED) is 0.740. The molecule has 1 aromatic carbocycles. The summed E-state index contributed by atoms with van der Waals surface area (Å²) in [5.74, 6) is -0.410. The van der Waals surface area contributed by atoms with Crippen molar-refractivity contribution in [2.75, 3.05) is 26.2 Å². The minimum absolute atomic E-state index is 0.263. The molecular formula is C16H20N2O4. The molecule has 1 saturated heterocycles. The van der Waals surface area contributed by atoms with Crippen molar-refractivity contribution >= 4 is 17.7 Å². The van der Waals surface area contributed by atoms with Gasteiger partial charge < -0.3 is 14.4 Å². The first-order valence-electron chi connectivity index (χ1n) is 7.22. The van der Waals surface area contributed by atoms with Crippen LogP contribution in [0.15, 0.2) is 24.3 Å². The summed E-state index contributed by atoms with van der Waals surface area (Å²) >= 11 is 0. The molecule has 0 saturated carbocycles. The molecule has 1 amide bonds. The number of benzene rings is 1. The summed E-state index contributed by atoms with van der Waals surface area (Å²) in [4.78, 5) is 28.0. The lowest BCUT2D eigenvalue weighted by molar-refractivity contribution is -0.145. The van der Waals surface area contributed by atoms with E-state index in [1.165, 1.54) is 19.1 Å². The summed E-state index contributed by atoms with van der Waals surface area (Å²) in [5, 5.41) is 0. The van der Waals surface area contributed by atoms with Gasteiger partial charge in [-0.25, -0.2) is 9.59 Å². The van der Waals surface area contributed by atoms with Crippen molar-refractivity contribution < 1.29 is 19.1 Å².